The van der Waals surface area contributed by atoms with Crippen LogP contribution in [0.2, 0.25) is 0 Å². The number of phenolic OH excluding ortho intramolecular Hbond substituents is 1. The molecule has 1 aromatic rings. The van der Waals surface area contributed by atoms with Gasteiger partial charge in [-0.15, -0.1) is 0 Å². The number of piperidine rings is 1. The van der Waals surface area contributed by atoms with E-state index in [0.29, 0.717) is 11.7 Å². The lowest BCUT2D eigenvalue weighted by atomic mass is 9.86. The molecule has 4 N–H and O–H groups in total. The van der Waals surface area contributed by atoms with Crippen molar-refractivity contribution in [3.63, 3.8) is 0 Å². The number of nitrogens with one attached hydrogen (secondary N) is 1. The van der Waals surface area contributed by atoms with Crippen LogP contribution >= 0.6 is 0 Å². The van der Waals surface area contributed by atoms with E-state index in [1.165, 1.54) is 0 Å². The molecular formula is C13H20N2O2. The molecule has 1 saturated heterocycles. The Morgan fingerprint density at radius 2 is 2.12 bits per heavy atom. The van der Waals surface area contributed by atoms with Crippen molar-refractivity contribution in [1.29, 1.82) is 0 Å². The Balaban J connectivity index is 2.15. The molecule has 0 unspecified atom stereocenters. The third kappa shape index (κ3) is 2.70. The maximum absolute atomic E-state index is 9.55. The number of rotatable bonds is 3. The Morgan fingerprint density at radius 3 is 2.76 bits per heavy atom. The number of methoxy groups -OCH3 is 1. The maximum atomic E-state index is 9.55. The molecule has 0 aromatic heterocycles. The standard InChI is InChI=1S/C13H20N2O2/c1-17-12-8-10(2-3-11(12)16)13(14)9-4-6-15-7-5-9/h2-3,8-9,13,15-16H,4-7,14H2,1H3/t13-/m1/s1. The third-order valence-electron chi connectivity index (χ3n) is 3.48. The van der Waals surface area contributed by atoms with Crippen molar-refractivity contribution in [3.8, 4) is 11.5 Å². The predicted molar refractivity (Wildman–Crippen MR) is 67.2 cm³/mol. The van der Waals surface area contributed by atoms with Crippen molar-refractivity contribution in [1.82, 2.24) is 5.32 Å². The molecule has 94 valence electrons. The highest BCUT2D eigenvalue weighted by atomic mass is 16.5. The quantitative estimate of drug-likeness (QED) is 0.742. The molecular weight excluding hydrogens is 216 g/mol. The second kappa shape index (κ2) is 5.38. The van der Waals surface area contributed by atoms with Crippen LogP contribution in [0.3, 0.4) is 0 Å². The van der Waals surface area contributed by atoms with Gasteiger partial charge in [0.05, 0.1) is 7.11 Å². The van der Waals surface area contributed by atoms with Crippen molar-refractivity contribution in [2.45, 2.75) is 18.9 Å². The lowest BCUT2D eigenvalue weighted by Crippen LogP contribution is -2.33. The number of benzene rings is 1. The van der Waals surface area contributed by atoms with E-state index in [2.05, 4.69) is 5.32 Å². The molecule has 1 aromatic carbocycles. The van der Waals surface area contributed by atoms with E-state index in [1.54, 1.807) is 13.2 Å². The molecule has 4 heteroatoms. The summed E-state index contributed by atoms with van der Waals surface area (Å²) >= 11 is 0. The average Bonchev–Trinajstić information content (AvgIpc) is 2.39. The van der Waals surface area contributed by atoms with Gasteiger partial charge in [0.2, 0.25) is 0 Å². The highest BCUT2D eigenvalue weighted by Gasteiger charge is 2.22. The SMILES string of the molecule is COc1cc([C@H](N)C2CCNCC2)ccc1O. The highest BCUT2D eigenvalue weighted by Crippen LogP contribution is 2.32. The molecule has 0 saturated carbocycles. The van der Waals surface area contributed by atoms with E-state index < -0.39 is 0 Å². The van der Waals surface area contributed by atoms with E-state index in [9.17, 15) is 5.11 Å². The van der Waals surface area contributed by atoms with Gasteiger partial charge < -0.3 is 20.9 Å². The Hall–Kier alpha value is -1.26. The number of ether oxygens (including phenoxy) is 1. The third-order valence-corrected chi connectivity index (χ3v) is 3.48. The zero-order valence-corrected chi connectivity index (χ0v) is 10.1. The molecule has 0 aliphatic carbocycles. The summed E-state index contributed by atoms with van der Waals surface area (Å²) in [5.41, 5.74) is 7.31. The fraction of sp³-hybridized carbons (Fsp3) is 0.538. The molecule has 17 heavy (non-hydrogen) atoms. The second-order valence-corrected chi connectivity index (χ2v) is 4.54. The first-order chi connectivity index (χ1) is 8.22. The molecule has 0 spiro atoms. The molecule has 0 bridgehead atoms. The second-order valence-electron chi connectivity index (χ2n) is 4.54. The van der Waals surface area contributed by atoms with Crippen LogP contribution in [0.5, 0.6) is 11.5 Å². The van der Waals surface area contributed by atoms with Crippen molar-refractivity contribution in [3.05, 3.63) is 23.8 Å². The van der Waals surface area contributed by atoms with E-state index in [1.807, 2.05) is 12.1 Å². The van der Waals surface area contributed by atoms with E-state index in [0.717, 1.165) is 31.5 Å². The van der Waals surface area contributed by atoms with E-state index in [4.69, 9.17) is 10.5 Å². The van der Waals surface area contributed by atoms with Crippen LogP contribution in [0.15, 0.2) is 18.2 Å². The smallest absolute Gasteiger partial charge is 0.160 e. The number of hydrogen-bond acceptors (Lipinski definition) is 4. The normalized spacial score (nSPS) is 18.9. The topological polar surface area (TPSA) is 67.5 Å². The predicted octanol–water partition coefficient (Wildman–Crippen LogP) is 1.40. The average molecular weight is 236 g/mol. The molecule has 1 heterocycles. The molecule has 1 atom stereocenters. The Morgan fingerprint density at radius 1 is 1.41 bits per heavy atom. The van der Waals surface area contributed by atoms with Crippen molar-refractivity contribution < 1.29 is 9.84 Å². The largest absolute Gasteiger partial charge is 0.504 e. The van der Waals surface area contributed by atoms with Gasteiger partial charge in [-0.2, -0.15) is 0 Å². The minimum atomic E-state index is 0.0200. The Kier molecular flexibility index (Phi) is 3.86. The van der Waals surface area contributed by atoms with Crippen molar-refractivity contribution in [2.24, 2.45) is 11.7 Å². The Bertz CT molecular complexity index is 376. The molecule has 1 aliphatic rings. The summed E-state index contributed by atoms with van der Waals surface area (Å²) < 4.78 is 5.11. The summed E-state index contributed by atoms with van der Waals surface area (Å²) in [4.78, 5) is 0. The lowest BCUT2D eigenvalue weighted by Gasteiger charge is -2.28. The Labute approximate surface area is 102 Å². The van der Waals surface area contributed by atoms with Gasteiger partial charge in [-0.1, -0.05) is 6.07 Å². The van der Waals surface area contributed by atoms with Gasteiger partial charge in [0.25, 0.3) is 0 Å². The summed E-state index contributed by atoms with van der Waals surface area (Å²) in [5.74, 6) is 1.16. The van der Waals surface area contributed by atoms with Crippen molar-refractivity contribution in [2.75, 3.05) is 20.2 Å². The van der Waals surface area contributed by atoms with E-state index in [-0.39, 0.29) is 11.8 Å². The lowest BCUT2D eigenvalue weighted by molar-refractivity contribution is 0.320. The fourth-order valence-electron chi connectivity index (χ4n) is 2.38. The van der Waals surface area contributed by atoms with Crippen LogP contribution in [0.1, 0.15) is 24.4 Å². The van der Waals surface area contributed by atoms with Crippen LogP contribution in [0.4, 0.5) is 0 Å². The molecule has 0 radical (unpaired) electrons. The summed E-state index contributed by atoms with van der Waals surface area (Å²) in [6, 6.07) is 5.38. The number of aromatic hydroxyl groups is 1. The molecule has 1 aliphatic heterocycles. The summed E-state index contributed by atoms with van der Waals surface area (Å²) in [6.45, 7) is 2.07. The molecule has 0 amide bonds. The summed E-state index contributed by atoms with van der Waals surface area (Å²) in [7, 11) is 1.55. The fourth-order valence-corrected chi connectivity index (χ4v) is 2.38. The van der Waals surface area contributed by atoms with Gasteiger partial charge in [0.15, 0.2) is 11.5 Å². The van der Waals surface area contributed by atoms with Crippen LogP contribution < -0.4 is 15.8 Å². The zero-order valence-electron chi connectivity index (χ0n) is 10.1. The van der Waals surface area contributed by atoms with Gasteiger partial charge in [0, 0.05) is 6.04 Å². The van der Waals surface area contributed by atoms with Crippen LogP contribution in [0, 0.1) is 5.92 Å². The maximum Gasteiger partial charge on any atom is 0.160 e. The number of hydrogen-bond donors (Lipinski definition) is 3. The molecule has 2 rings (SSSR count). The number of nitrogens with two attached hydrogens (primary N) is 1. The van der Waals surface area contributed by atoms with Crippen LogP contribution in [-0.4, -0.2) is 25.3 Å². The zero-order chi connectivity index (χ0) is 12.3. The minimum absolute atomic E-state index is 0.0200. The monoisotopic (exact) mass is 236 g/mol. The first-order valence-electron chi connectivity index (χ1n) is 6.05. The first kappa shape index (κ1) is 12.2. The van der Waals surface area contributed by atoms with Crippen molar-refractivity contribution >= 4 is 0 Å². The first-order valence-corrected chi connectivity index (χ1v) is 6.05. The van der Waals surface area contributed by atoms with Crippen LogP contribution in [0.25, 0.3) is 0 Å². The summed E-state index contributed by atoms with van der Waals surface area (Å²) in [5, 5.41) is 12.9. The van der Waals surface area contributed by atoms with Gasteiger partial charge in [-0.3, -0.25) is 0 Å². The minimum Gasteiger partial charge on any atom is -0.504 e. The molecule has 4 nitrogen and oxygen atoms in total. The summed E-state index contributed by atoms with van der Waals surface area (Å²) in [6.07, 6.45) is 2.20. The highest BCUT2D eigenvalue weighted by molar-refractivity contribution is 5.42. The van der Waals surface area contributed by atoms with Gasteiger partial charge in [-0.25, -0.2) is 0 Å². The molecule has 1 fully saturated rings. The van der Waals surface area contributed by atoms with Gasteiger partial charge >= 0.3 is 0 Å². The number of phenols is 1. The van der Waals surface area contributed by atoms with Gasteiger partial charge in [-0.05, 0) is 49.5 Å². The van der Waals surface area contributed by atoms with Gasteiger partial charge in [0.1, 0.15) is 0 Å². The van der Waals surface area contributed by atoms with E-state index >= 15 is 0 Å². The van der Waals surface area contributed by atoms with Crippen LogP contribution in [-0.2, 0) is 0 Å².